The minimum atomic E-state index is -1.32. The van der Waals surface area contributed by atoms with E-state index in [2.05, 4.69) is 28.2 Å². The van der Waals surface area contributed by atoms with Crippen molar-refractivity contribution in [1.82, 2.24) is 26.2 Å². The van der Waals surface area contributed by atoms with Gasteiger partial charge in [0, 0.05) is 69.6 Å². The molecule has 7 atom stereocenters. The predicted octanol–water partition coefficient (Wildman–Crippen LogP) is 0.0243. The molecule has 0 aromatic heterocycles. The summed E-state index contributed by atoms with van der Waals surface area (Å²) in [5.41, 5.74) is 5.45. The van der Waals surface area contributed by atoms with Crippen molar-refractivity contribution in [3.05, 3.63) is 12.2 Å². The Labute approximate surface area is 354 Å². The first-order valence-electron chi connectivity index (χ1n) is 21.4. The van der Waals surface area contributed by atoms with Gasteiger partial charge in [0.2, 0.25) is 23.6 Å². The molecule has 60 heavy (non-hydrogen) atoms. The molecule has 1 saturated heterocycles. The largest absolute Gasteiger partial charge is 0.394 e. The van der Waals surface area contributed by atoms with E-state index in [0.29, 0.717) is 51.5 Å². The number of rotatable bonds is 30. The number of hydrogen-bond acceptors (Lipinski definition) is 14. The van der Waals surface area contributed by atoms with Crippen molar-refractivity contribution in [3.8, 4) is 0 Å². The second-order valence-electron chi connectivity index (χ2n) is 16.3. The van der Waals surface area contributed by atoms with E-state index in [0.717, 1.165) is 24.2 Å². The van der Waals surface area contributed by atoms with Crippen LogP contribution in [0, 0.1) is 5.41 Å². The zero-order chi connectivity index (χ0) is 44.7. The van der Waals surface area contributed by atoms with Gasteiger partial charge in [0.05, 0.1) is 25.9 Å². The van der Waals surface area contributed by atoms with Crippen molar-refractivity contribution >= 4 is 35.4 Å². The molecule has 0 aromatic carbocycles. The molecule has 6 amide bonds. The molecular weight excluding hydrogens is 784 g/mol. The first kappa shape index (κ1) is 52.6. The van der Waals surface area contributed by atoms with Crippen LogP contribution in [0.25, 0.3) is 0 Å². The van der Waals surface area contributed by atoms with Crippen LogP contribution < -0.4 is 27.0 Å². The SMILES string of the molecule is CCCCC[C@H](NC(=O)CCCCOC1OC(CO)[C@H](O)[C@H](O)[C@@H]1N)C(=O)NCCCCCC(=O)NCCOC(C)(OCCNC(=O)CCN1C(=O)C=CC1=O)C(C)(C)C. The van der Waals surface area contributed by atoms with E-state index in [9.17, 15) is 44.1 Å². The van der Waals surface area contributed by atoms with Crippen LogP contribution in [0.5, 0.6) is 0 Å². The standard InChI is InChI=1S/C41H72N6O13/c1-6-7-9-14-28(46-32(51)16-11-13-24-57-39-35(42)37(55)36(54)29(27-48)60-39)38(56)45-20-12-8-10-15-30(49)43-21-25-58-41(5,40(2,3)4)59-26-22-44-31(50)19-23-47-33(52)17-18-34(47)53/h17-18,28-29,35-37,39,48,54-55H,6-16,19-27,42H2,1-5H3,(H,43,49)(H,44,50)(H,45,56)(H,46,51)/t28-,29?,35-,36-,37+,39?,41?/m0/s1. The minimum absolute atomic E-state index is 0.000424. The second kappa shape index (κ2) is 27.4. The van der Waals surface area contributed by atoms with E-state index in [1.165, 1.54) is 12.2 Å². The third-order valence-electron chi connectivity index (χ3n) is 10.6. The summed E-state index contributed by atoms with van der Waals surface area (Å²) in [7, 11) is 0. The molecule has 2 rings (SSSR count). The average Bonchev–Trinajstić information content (AvgIpc) is 3.53. The molecule has 0 radical (unpaired) electrons. The van der Waals surface area contributed by atoms with Gasteiger partial charge in [-0.05, 0) is 39.0 Å². The zero-order valence-electron chi connectivity index (χ0n) is 36.2. The van der Waals surface area contributed by atoms with Gasteiger partial charge >= 0.3 is 0 Å². The fraction of sp³-hybridized carbons (Fsp3) is 0.805. The van der Waals surface area contributed by atoms with Gasteiger partial charge in [0.1, 0.15) is 24.4 Å². The maximum atomic E-state index is 13.0. The molecule has 2 aliphatic heterocycles. The van der Waals surface area contributed by atoms with Gasteiger partial charge in [-0.3, -0.25) is 33.7 Å². The van der Waals surface area contributed by atoms with Crippen LogP contribution in [-0.4, -0.2) is 151 Å². The van der Waals surface area contributed by atoms with E-state index in [1.54, 1.807) is 6.92 Å². The van der Waals surface area contributed by atoms with Crippen molar-refractivity contribution in [2.45, 2.75) is 154 Å². The van der Waals surface area contributed by atoms with Gasteiger partial charge in [-0.2, -0.15) is 0 Å². The minimum Gasteiger partial charge on any atom is -0.394 e. The topological polar surface area (TPSA) is 277 Å². The lowest BCUT2D eigenvalue weighted by Crippen LogP contribution is -2.62. The molecule has 0 aliphatic carbocycles. The Morgan fingerprint density at radius 2 is 1.38 bits per heavy atom. The molecule has 1 fully saturated rings. The Kier molecular flexibility index (Phi) is 24.0. The van der Waals surface area contributed by atoms with Gasteiger partial charge in [-0.15, -0.1) is 0 Å². The first-order valence-corrected chi connectivity index (χ1v) is 21.4. The lowest BCUT2D eigenvalue weighted by atomic mass is 9.86. The predicted molar refractivity (Wildman–Crippen MR) is 219 cm³/mol. The number of nitrogens with two attached hydrogens (primary N) is 1. The molecule has 9 N–H and O–H groups in total. The fourth-order valence-corrected chi connectivity index (χ4v) is 6.29. The van der Waals surface area contributed by atoms with Crippen molar-refractivity contribution in [1.29, 1.82) is 0 Å². The van der Waals surface area contributed by atoms with Crippen LogP contribution in [-0.2, 0) is 47.7 Å². The Hall–Kier alpha value is -3.56. The lowest BCUT2D eigenvalue weighted by molar-refractivity contribution is -0.276. The van der Waals surface area contributed by atoms with Gasteiger partial charge in [0.25, 0.3) is 11.8 Å². The third kappa shape index (κ3) is 18.6. The quantitative estimate of drug-likeness (QED) is 0.0269. The number of aliphatic hydroxyl groups is 3. The number of amides is 6. The number of imide groups is 1. The molecule has 19 heteroatoms. The molecule has 19 nitrogen and oxygen atoms in total. The van der Waals surface area contributed by atoms with Crippen LogP contribution in [0.15, 0.2) is 12.2 Å². The third-order valence-corrected chi connectivity index (χ3v) is 10.6. The average molecular weight is 857 g/mol. The summed E-state index contributed by atoms with van der Waals surface area (Å²) in [5.74, 6) is -2.84. The van der Waals surface area contributed by atoms with Crippen molar-refractivity contribution in [2.75, 3.05) is 52.6 Å². The highest BCUT2D eigenvalue weighted by Gasteiger charge is 2.43. The number of carbonyl (C=O) groups excluding carboxylic acids is 6. The van der Waals surface area contributed by atoms with Crippen LogP contribution in [0.3, 0.4) is 0 Å². The van der Waals surface area contributed by atoms with Crippen molar-refractivity contribution in [3.63, 3.8) is 0 Å². The summed E-state index contributed by atoms with van der Waals surface area (Å²) in [6.45, 7) is 10.6. The highest BCUT2D eigenvalue weighted by atomic mass is 16.7. The summed E-state index contributed by atoms with van der Waals surface area (Å²) >= 11 is 0. The molecule has 344 valence electrons. The summed E-state index contributed by atoms with van der Waals surface area (Å²) in [6, 6.07) is -1.65. The number of nitrogens with zero attached hydrogens (tertiary/aromatic N) is 1. The molecule has 2 heterocycles. The van der Waals surface area contributed by atoms with Crippen molar-refractivity contribution < 1.29 is 63.0 Å². The molecule has 3 unspecified atom stereocenters. The van der Waals surface area contributed by atoms with Crippen LogP contribution in [0.1, 0.15) is 112 Å². The van der Waals surface area contributed by atoms with Gasteiger partial charge < -0.3 is 61.3 Å². The van der Waals surface area contributed by atoms with E-state index in [4.69, 9.17) is 24.7 Å². The van der Waals surface area contributed by atoms with E-state index in [1.807, 2.05) is 20.8 Å². The number of ether oxygens (including phenoxy) is 4. The Balaban J connectivity index is 1.60. The number of nitrogens with one attached hydrogen (secondary N) is 4. The number of unbranched alkanes of at least 4 members (excludes halogenated alkanes) is 5. The molecule has 0 saturated carbocycles. The molecule has 0 aromatic rings. The van der Waals surface area contributed by atoms with Gasteiger partial charge in [-0.25, -0.2) is 0 Å². The highest BCUT2D eigenvalue weighted by molar-refractivity contribution is 6.13. The number of aliphatic hydroxyl groups excluding tert-OH is 3. The molecule has 0 bridgehead atoms. The Morgan fingerprint density at radius 3 is 1.98 bits per heavy atom. The summed E-state index contributed by atoms with van der Waals surface area (Å²) in [5, 5.41) is 40.7. The summed E-state index contributed by atoms with van der Waals surface area (Å²) < 4.78 is 23.1. The maximum Gasteiger partial charge on any atom is 0.253 e. The normalized spacial score (nSPS) is 22.0. The molecular formula is C41H72N6O13. The second-order valence-corrected chi connectivity index (χ2v) is 16.3. The van der Waals surface area contributed by atoms with Gasteiger partial charge in [0.15, 0.2) is 12.1 Å². The van der Waals surface area contributed by atoms with E-state index < -0.39 is 66.3 Å². The fourth-order valence-electron chi connectivity index (χ4n) is 6.29. The van der Waals surface area contributed by atoms with E-state index in [-0.39, 0.29) is 75.9 Å². The van der Waals surface area contributed by atoms with Crippen LogP contribution in [0.2, 0.25) is 0 Å². The first-order chi connectivity index (χ1) is 28.4. The molecule has 0 spiro atoms. The summed E-state index contributed by atoms with van der Waals surface area (Å²) in [4.78, 5) is 74.7. The zero-order valence-corrected chi connectivity index (χ0v) is 36.2. The van der Waals surface area contributed by atoms with Crippen molar-refractivity contribution in [2.24, 2.45) is 11.1 Å². The Bertz CT molecular complexity index is 1370. The summed E-state index contributed by atoms with van der Waals surface area (Å²) in [6.07, 6.45) is 4.32. The maximum absolute atomic E-state index is 13.0. The lowest BCUT2D eigenvalue weighted by Gasteiger charge is -2.41. The molecule has 2 aliphatic rings. The smallest absolute Gasteiger partial charge is 0.253 e. The van der Waals surface area contributed by atoms with Crippen LogP contribution >= 0.6 is 0 Å². The monoisotopic (exact) mass is 857 g/mol. The van der Waals surface area contributed by atoms with Crippen LogP contribution in [0.4, 0.5) is 0 Å². The highest BCUT2D eigenvalue weighted by Crippen LogP contribution is 2.34. The van der Waals surface area contributed by atoms with E-state index >= 15 is 0 Å². The Morgan fingerprint density at radius 1 is 0.783 bits per heavy atom. The van der Waals surface area contributed by atoms with Gasteiger partial charge in [-0.1, -0.05) is 53.4 Å². The number of hydrogen-bond donors (Lipinski definition) is 8. The number of carbonyl (C=O) groups is 6.